The largest absolute Gasteiger partial charge is 0.481 e. The lowest BCUT2D eigenvalue weighted by Gasteiger charge is -2.09. The van der Waals surface area contributed by atoms with E-state index in [-0.39, 0.29) is 19.2 Å². The zero-order valence-electron chi connectivity index (χ0n) is 14.6. The van der Waals surface area contributed by atoms with Gasteiger partial charge in [-0.05, 0) is 42.5 Å². The summed E-state index contributed by atoms with van der Waals surface area (Å²) in [7, 11) is 0. The van der Waals surface area contributed by atoms with Crippen LogP contribution in [0.15, 0.2) is 54.6 Å². The van der Waals surface area contributed by atoms with Gasteiger partial charge in [0.15, 0.2) is 0 Å². The number of ether oxygens (including phenoxy) is 2. The van der Waals surface area contributed by atoms with E-state index in [1.807, 2.05) is 54.6 Å². The molecular formula is C22H17N3O2. The van der Waals surface area contributed by atoms with Crippen molar-refractivity contribution < 1.29 is 9.47 Å². The fourth-order valence-electron chi connectivity index (χ4n) is 2.48. The van der Waals surface area contributed by atoms with Crippen molar-refractivity contribution in [2.45, 2.75) is 0 Å². The van der Waals surface area contributed by atoms with E-state index in [9.17, 15) is 0 Å². The van der Waals surface area contributed by atoms with Gasteiger partial charge in [0.25, 0.3) is 0 Å². The highest BCUT2D eigenvalue weighted by Crippen LogP contribution is 2.28. The number of nitrogens with two attached hydrogens (primary N) is 1. The average molecular weight is 355 g/mol. The van der Waals surface area contributed by atoms with Gasteiger partial charge in [-0.25, -0.2) is 9.97 Å². The molecule has 2 aromatic carbocycles. The van der Waals surface area contributed by atoms with Crippen LogP contribution in [0.1, 0.15) is 0 Å². The predicted molar refractivity (Wildman–Crippen MR) is 106 cm³/mol. The van der Waals surface area contributed by atoms with E-state index >= 15 is 0 Å². The quantitative estimate of drug-likeness (QED) is 0.686. The lowest BCUT2D eigenvalue weighted by molar-refractivity contribution is 0.370. The third kappa shape index (κ3) is 4.56. The van der Waals surface area contributed by atoms with Crippen LogP contribution < -0.4 is 15.2 Å². The molecule has 0 aliphatic rings. The van der Waals surface area contributed by atoms with E-state index in [0.717, 1.165) is 11.1 Å². The van der Waals surface area contributed by atoms with Crippen LogP contribution in [-0.4, -0.2) is 23.2 Å². The van der Waals surface area contributed by atoms with Gasteiger partial charge in [-0.15, -0.1) is 12.8 Å². The van der Waals surface area contributed by atoms with Crippen molar-refractivity contribution in [3.05, 3.63) is 54.6 Å². The molecule has 3 rings (SSSR count). The summed E-state index contributed by atoms with van der Waals surface area (Å²) in [5, 5.41) is 0. The number of benzene rings is 2. The maximum atomic E-state index is 5.92. The minimum absolute atomic E-state index is 0.185. The number of nitrogens with zero attached hydrogens (tertiary/aromatic N) is 2. The summed E-state index contributed by atoms with van der Waals surface area (Å²) in [6.45, 7) is 0.427. The van der Waals surface area contributed by atoms with Crippen LogP contribution in [0.25, 0.3) is 22.5 Å². The van der Waals surface area contributed by atoms with Gasteiger partial charge in [-0.3, -0.25) is 0 Å². The summed E-state index contributed by atoms with van der Waals surface area (Å²) in [5.41, 5.74) is 9.06. The summed E-state index contributed by atoms with van der Waals surface area (Å²) in [6.07, 6.45) is 10.4. The Labute approximate surface area is 158 Å². The molecule has 5 heteroatoms. The molecule has 0 bridgehead atoms. The van der Waals surface area contributed by atoms with Gasteiger partial charge in [0, 0.05) is 11.1 Å². The average Bonchev–Trinajstić information content (AvgIpc) is 2.71. The van der Waals surface area contributed by atoms with Crippen molar-refractivity contribution >= 4 is 5.95 Å². The third-order valence-electron chi connectivity index (χ3n) is 3.67. The summed E-state index contributed by atoms with van der Waals surface area (Å²) < 4.78 is 10.9. The number of nitrogen functional groups attached to an aromatic ring is 1. The summed E-state index contributed by atoms with van der Waals surface area (Å²) in [6, 6.07) is 16.8. The maximum absolute atomic E-state index is 5.92. The molecule has 27 heavy (non-hydrogen) atoms. The number of anilines is 1. The van der Waals surface area contributed by atoms with Crippen LogP contribution in [0.2, 0.25) is 0 Å². The van der Waals surface area contributed by atoms with Crippen LogP contribution in [0.4, 0.5) is 5.95 Å². The number of rotatable bonds is 6. The second-order valence-electron chi connectivity index (χ2n) is 5.53. The minimum atomic E-state index is 0.185. The molecule has 5 nitrogen and oxygen atoms in total. The SMILES string of the molecule is C#CCOc1ccc(-c2cc(-c3cccc(OCC#C)c3)nc(N)n2)cc1. The first-order valence-corrected chi connectivity index (χ1v) is 8.17. The summed E-state index contributed by atoms with van der Waals surface area (Å²) >= 11 is 0. The second-order valence-corrected chi connectivity index (χ2v) is 5.53. The third-order valence-corrected chi connectivity index (χ3v) is 3.67. The first-order chi connectivity index (χ1) is 13.2. The molecule has 0 spiro atoms. The number of terminal acetylenes is 2. The van der Waals surface area contributed by atoms with Crippen molar-refractivity contribution in [3.8, 4) is 58.7 Å². The fraction of sp³-hybridized carbons (Fsp3) is 0.0909. The Morgan fingerprint density at radius 3 is 2.07 bits per heavy atom. The van der Waals surface area contributed by atoms with E-state index in [1.54, 1.807) is 0 Å². The molecular weight excluding hydrogens is 338 g/mol. The second kappa shape index (κ2) is 8.42. The van der Waals surface area contributed by atoms with Gasteiger partial charge >= 0.3 is 0 Å². The Morgan fingerprint density at radius 1 is 0.778 bits per heavy atom. The summed E-state index contributed by atoms with van der Waals surface area (Å²) in [4.78, 5) is 8.66. The Hall–Kier alpha value is -3.96. The molecule has 0 aliphatic carbocycles. The molecule has 3 aromatic rings. The van der Waals surface area contributed by atoms with Crippen LogP contribution in [0, 0.1) is 24.7 Å². The monoisotopic (exact) mass is 355 g/mol. The van der Waals surface area contributed by atoms with Gasteiger partial charge in [-0.2, -0.15) is 0 Å². The highest BCUT2D eigenvalue weighted by Gasteiger charge is 2.08. The molecule has 0 amide bonds. The van der Waals surface area contributed by atoms with Crippen molar-refractivity contribution in [1.82, 2.24) is 9.97 Å². The highest BCUT2D eigenvalue weighted by atomic mass is 16.5. The fourth-order valence-corrected chi connectivity index (χ4v) is 2.48. The van der Waals surface area contributed by atoms with E-state index in [0.29, 0.717) is 22.9 Å². The number of hydrogen-bond donors (Lipinski definition) is 1. The van der Waals surface area contributed by atoms with E-state index < -0.39 is 0 Å². The smallest absolute Gasteiger partial charge is 0.221 e. The first kappa shape index (κ1) is 17.8. The standard InChI is InChI=1S/C22H17N3O2/c1-3-12-26-18-10-8-16(9-11-18)20-15-21(25-22(23)24-20)17-6-5-7-19(14-17)27-13-4-2/h1-2,5-11,14-15H,12-13H2,(H2,23,24,25). The van der Waals surface area contributed by atoms with Crippen LogP contribution in [0.3, 0.4) is 0 Å². The van der Waals surface area contributed by atoms with Gasteiger partial charge in [-0.1, -0.05) is 24.0 Å². The topological polar surface area (TPSA) is 70.3 Å². The molecule has 0 aliphatic heterocycles. The Balaban J connectivity index is 1.91. The molecule has 0 fully saturated rings. The number of aromatic nitrogens is 2. The van der Waals surface area contributed by atoms with Crippen LogP contribution in [0.5, 0.6) is 11.5 Å². The Morgan fingerprint density at radius 2 is 1.41 bits per heavy atom. The van der Waals surface area contributed by atoms with Gasteiger partial charge in [0.05, 0.1) is 11.4 Å². The van der Waals surface area contributed by atoms with Crippen LogP contribution in [-0.2, 0) is 0 Å². The molecule has 0 saturated heterocycles. The molecule has 132 valence electrons. The summed E-state index contributed by atoms with van der Waals surface area (Å²) in [5.74, 6) is 6.42. The normalized spacial score (nSPS) is 9.85. The molecule has 2 N–H and O–H groups in total. The Kier molecular flexibility index (Phi) is 5.57. The first-order valence-electron chi connectivity index (χ1n) is 8.17. The molecule has 0 radical (unpaired) electrons. The molecule has 1 aromatic heterocycles. The molecule has 0 saturated carbocycles. The molecule has 0 unspecified atom stereocenters. The predicted octanol–water partition coefficient (Wildman–Crippen LogP) is 3.42. The van der Waals surface area contributed by atoms with Crippen molar-refractivity contribution in [3.63, 3.8) is 0 Å². The lowest BCUT2D eigenvalue weighted by Crippen LogP contribution is -1.99. The lowest BCUT2D eigenvalue weighted by atomic mass is 10.1. The van der Waals surface area contributed by atoms with Crippen molar-refractivity contribution in [2.75, 3.05) is 18.9 Å². The van der Waals surface area contributed by atoms with Crippen molar-refractivity contribution in [2.24, 2.45) is 0 Å². The highest BCUT2D eigenvalue weighted by molar-refractivity contribution is 5.70. The zero-order chi connectivity index (χ0) is 19.1. The minimum Gasteiger partial charge on any atom is -0.481 e. The Bertz CT molecular complexity index is 1010. The van der Waals surface area contributed by atoms with E-state index in [1.165, 1.54) is 0 Å². The van der Waals surface area contributed by atoms with Gasteiger partial charge in [0.1, 0.15) is 24.7 Å². The molecule has 0 atom stereocenters. The molecule has 1 heterocycles. The number of hydrogen-bond acceptors (Lipinski definition) is 5. The van der Waals surface area contributed by atoms with Gasteiger partial charge in [0.2, 0.25) is 5.95 Å². The van der Waals surface area contributed by atoms with E-state index in [2.05, 4.69) is 21.8 Å². The van der Waals surface area contributed by atoms with Crippen LogP contribution >= 0.6 is 0 Å². The van der Waals surface area contributed by atoms with E-state index in [4.69, 9.17) is 28.1 Å². The maximum Gasteiger partial charge on any atom is 0.221 e. The van der Waals surface area contributed by atoms with Gasteiger partial charge < -0.3 is 15.2 Å². The van der Waals surface area contributed by atoms with Crippen molar-refractivity contribution in [1.29, 1.82) is 0 Å². The zero-order valence-corrected chi connectivity index (χ0v) is 14.6.